The fourth-order valence-electron chi connectivity index (χ4n) is 10.3. The molecule has 0 amide bonds. The Balaban J connectivity index is 1.10. The second-order valence-electron chi connectivity index (χ2n) is 17.4. The minimum Gasteiger partial charge on any atom is -0.294 e. The van der Waals surface area contributed by atoms with Crippen molar-refractivity contribution in [3.05, 3.63) is 242 Å². The lowest BCUT2D eigenvalue weighted by Gasteiger charge is -2.37. The van der Waals surface area contributed by atoms with Gasteiger partial charge in [-0.1, -0.05) is 172 Å². The summed E-state index contributed by atoms with van der Waals surface area (Å²) in [5, 5.41) is 7.34. The van der Waals surface area contributed by atoms with Crippen molar-refractivity contribution in [1.29, 1.82) is 0 Å². The largest absolute Gasteiger partial charge is 0.294 e. The molecule has 12 rings (SSSR count). The first kappa shape index (κ1) is 38.3. The van der Waals surface area contributed by atoms with E-state index in [1.54, 1.807) is 0 Å². The van der Waals surface area contributed by atoms with E-state index < -0.39 is 0 Å². The van der Waals surface area contributed by atoms with E-state index in [0.717, 1.165) is 62.0 Å². The summed E-state index contributed by atoms with van der Waals surface area (Å²) in [5.41, 5.74) is 13.7. The van der Waals surface area contributed by atoms with Gasteiger partial charge in [-0.3, -0.25) is 9.80 Å². The fraction of sp³-hybridized carbons (Fsp3) is 0.0492. The van der Waals surface area contributed by atoms with E-state index >= 15 is 0 Å². The predicted octanol–water partition coefficient (Wildman–Crippen LogP) is 16.5. The van der Waals surface area contributed by atoms with Gasteiger partial charge in [-0.15, -0.1) is 0 Å². The van der Waals surface area contributed by atoms with Gasteiger partial charge in [0.2, 0.25) is 0 Å². The molecule has 0 N–H and O–H groups in total. The molecular formula is C61H44N4. The van der Waals surface area contributed by atoms with Crippen LogP contribution in [0, 0.1) is 0 Å². The van der Waals surface area contributed by atoms with E-state index in [1.807, 2.05) is 24.5 Å². The molecular weight excluding hydrogens is 789 g/mol. The Hall–Kier alpha value is -8.34. The zero-order chi connectivity index (χ0) is 43.5. The maximum atomic E-state index is 5.01. The van der Waals surface area contributed by atoms with Crippen molar-refractivity contribution in [2.75, 3.05) is 9.80 Å². The maximum absolute atomic E-state index is 5.01. The number of aromatic nitrogens is 2. The minimum atomic E-state index is -0.325. The standard InChI is InChI=1S/C61H44N4/c1-61(2)53-29-19-28-49-51-40-57(65(59-33-16-18-37-63-59)56-31-14-12-25-45(56)42-22-7-4-8-23-42)48-27-10-9-26-46(48)50(51)39-52(60(49)53)47-35-34-43(38-54(47)61)64(58-32-15-17-36-62-58)55-30-13-11-24-44(55)41-20-5-3-6-21-41/h3-40H,1-2H3. The van der Waals surface area contributed by atoms with Crippen molar-refractivity contribution in [2.45, 2.75) is 19.3 Å². The number of para-hydroxylation sites is 2. The SMILES string of the molecule is CC1(C)c2cc(N(c3ccccn3)c3ccccc3-c3ccccc3)ccc2-c2cc3c4ccccc4c(N(c4ccccn4)c4ccccc4-c4ccccc4)cc3c3cccc1c23. The maximum Gasteiger partial charge on any atom is 0.137 e. The molecule has 0 atom stereocenters. The fourth-order valence-corrected chi connectivity index (χ4v) is 10.3. The molecule has 308 valence electrons. The van der Waals surface area contributed by atoms with E-state index in [2.05, 4.69) is 230 Å². The molecule has 4 heteroatoms. The van der Waals surface area contributed by atoms with Crippen LogP contribution in [-0.2, 0) is 5.41 Å². The van der Waals surface area contributed by atoms with Crippen LogP contribution < -0.4 is 9.80 Å². The van der Waals surface area contributed by atoms with E-state index in [1.165, 1.54) is 49.2 Å². The molecule has 0 aliphatic heterocycles. The Labute approximate surface area is 379 Å². The summed E-state index contributed by atoms with van der Waals surface area (Å²) >= 11 is 0. The lowest BCUT2D eigenvalue weighted by molar-refractivity contribution is 0.645. The topological polar surface area (TPSA) is 32.3 Å². The van der Waals surface area contributed by atoms with Crippen LogP contribution in [0.5, 0.6) is 0 Å². The molecule has 0 radical (unpaired) electrons. The molecule has 2 heterocycles. The lowest BCUT2D eigenvalue weighted by Crippen LogP contribution is -2.24. The van der Waals surface area contributed by atoms with Gasteiger partial charge in [-0.05, 0) is 121 Å². The Morgan fingerprint density at radius 1 is 0.338 bits per heavy atom. The number of hydrogen-bond donors (Lipinski definition) is 0. The molecule has 11 aromatic rings. The molecule has 0 fully saturated rings. The summed E-state index contributed by atoms with van der Waals surface area (Å²) in [6, 6.07) is 78.7. The van der Waals surface area contributed by atoms with Gasteiger partial charge >= 0.3 is 0 Å². The summed E-state index contributed by atoms with van der Waals surface area (Å²) in [5.74, 6) is 1.73. The number of fused-ring (bicyclic) bond motifs is 6. The van der Waals surface area contributed by atoms with Gasteiger partial charge in [0.25, 0.3) is 0 Å². The van der Waals surface area contributed by atoms with Crippen molar-refractivity contribution in [3.63, 3.8) is 0 Å². The third kappa shape index (κ3) is 6.29. The van der Waals surface area contributed by atoms with E-state index in [-0.39, 0.29) is 5.41 Å². The van der Waals surface area contributed by atoms with Crippen molar-refractivity contribution in [3.8, 4) is 33.4 Å². The van der Waals surface area contributed by atoms with Crippen molar-refractivity contribution < 1.29 is 0 Å². The Bertz CT molecular complexity index is 3570. The summed E-state index contributed by atoms with van der Waals surface area (Å²) in [4.78, 5) is 14.6. The second-order valence-corrected chi connectivity index (χ2v) is 17.4. The number of benzene rings is 9. The number of nitrogens with zero attached hydrogens (tertiary/aromatic N) is 4. The highest BCUT2D eigenvalue weighted by atomic mass is 15.2. The van der Waals surface area contributed by atoms with Crippen molar-refractivity contribution in [2.24, 2.45) is 0 Å². The normalized spacial score (nSPS) is 12.6. The molecule has 1 aliphatic rings. The van der Waals surface area contributed by atoms with Gasteiger partial charge in [0, 0.05) is 40.0 Å². The first-order valence-corrected chi connectivity index (χ1v) is 22.3. The number of pyridine rings is 2. The zero-order valence-electron chi connectivity index (χ0n) is 36.2. The summed E-state index contributed by atoms with van der Waals surface area (Å²) in [6.07, 6.45) is 3.77. The van der Waals surface area contributed by atoms with Crippen LogP contribution in [0.4, 0.5) is 34.4 Å². The quantitative estimate of drug-likeness (QED) is 0.143. The van der Waals surface area contributed by atoms with E-state index in [0.29, 0.717) is 0 Å². The highest BCUT2D eigenvalue weighted by molar-refractivity contribution is 6.25. The molecule has 65 heavy (non-hydrogen) atoms. The monoisotopic (exact) mass is 832 g/mol. The van der Waals surface area contributed by atoms with Gasteiger partial charge < -0.3 is 0 Å². The number of rotatable bonds is 8. The van der Waals surface area contributed by atoms with Crippen LogP contribution in [-0.4, -0.2) is 9.97 Å². The van der Waals surface area contributed by atoms with E-state index in [4.69, 9.17) is 9.97 Å². The molecule has 2 aromatic heterocycles. The average Bonchev–Trinajstić information content (AvgIpc) is 3.37. The molecule has 0 saturated carbocycles. The van der Waals surface area contributed by atoms with Crippen LogP contribution in [0.1, 0.15) is 25.0 Å². The molecule has 9 aromatic carbocycles. The second kappa shape index (κ2) is 15.5. The molecule has 0 saturated heterocycles. The summed E-state index contributed by atoms with van der Waals surface area (Å²) < 4.78 is 0. The van der Waals surface area contributed by atoms with Gasteiger partial charge in [0.1, 0.15) is 11.6 Å². The van der Waals surface area contributed by atoms with Gasteiger partial charge in [-0.2, -0.15) is 0 Å². The number of hydrogen-bond acceptors (Lipinski definition) is 4. The molecule has 4 nitrogen and oxygen atoms in total. The number of anilines is 6. The Morgan fingerprint density at radius 3 is 1.52 bits per heavy atom. The third-order valence-corrected chi connectivity index (χ3v) is 13.3. The molecule has 0 unspecified atom stereocenters. The van der Waals surface area contributed by atoms with Crippen LogP contribution in [0.25, 0.3) is 65.7 Å². The van der Waals surface area contributed by atoms with E-state index in [9.17, 15) is 0 Å². The van der Waals surface area contributed by atoms with Crippen molar-refractivity contribution >= 4 is 66.7 Å². The van der Waals surface area contributed by atoms with Gasteiger partial charge in [0.15, 0.2) is 0 Å². The van der Waals surface area contributed by atoms with Crippen LogP contribution >= 0.6 is 0 Å². The third-order valence-electron chi connectivity index (χ3n) is 13.3. The Kier molecular flexibility index (Phi) is 9.13. The first-order valence-electron chi connectivity index (χ1n) is 22.3. The highest BCUT2D eigenvalue weighted by Gasteiger charge is 2.35. The van der Waals surface area contributed by atoms with Crippen LogP contribution in [0.3, 0.4) is 0 Å². The van der Waals surface area contributed by atoms with Gasteiger partial charge in [0.05, 0.1) is 17.1 Å². The van der Waals surface area contributed by atoms with Crippen LogP contribution in [0.15, 0.2) is 231 Å². The van der Waals surface area contributed by atoms with Crippen LogP contribution in [0.2, 0.25) is 0 Å². The first-order chi connectivity index (χ1) is 32.0. The molecule has 0 bridgehead atoms. The van der Waals surface area contributed by atoms with Gasteiger partial charge in [-0.25, -0.2) is 9.97 Å². The summed E-state index contributed by atoms with van der Waals surface area (Å²) in [6.45, 7) is 4.77. The highest BCUT2D eigenvalue weighted by Crippen LogP contribution is 2.54. The van der Waals surface area contributed by atoms with Crippen molar-refractivity contribution in [1.82, 2.24) is 9.97 Å². The zero-order valence-corrected chi connectivity index (χ0v) is 36.2. The lowest BCUT2D eigenvalue weighted by atomic mass is 9.68. The average molecular weight is 833 g/mol. The minimum absolute atomic E-state index is 0.325. The Morgan fingerprint density at radius 2 is 0.877 bits per heavy atom. The molecule has 1 aliphatic carbocycles. The molecule has 0 spiro atoms. The smallest absolute Gasteiger partial charge is 0.137 e. The summed E-state index contributed by atoms with van der Waals surface area (Å²) in [7, 11) is 0. The predicted molar refractivity (Wildman–Crippen MR) is 272 cm³/mol.